The van der Waals surface area contributed by atoms with Crippen LogP contribution in [0.4, 0.5) is 15.8 Å². The maximum Gasteiger partial charge on any atom is 0.265 e. The molecule has 0 radical (unpaired) electrons. The number of benzene rings is 2. The minimum atomic E-state index is -0.410. The molecule has 25 heavy (non-hydrogen) atoms. The molecule has 2 amide bonds. The van der Waals surface area contributed by atoms with Crippen molar-refractivity contribution in [2.75, 3.05) is 10.6 Å². The summed E-state index contributed by atoms with van der Waals surface area (Å²) in [5, 5.41) is 7.28. The first kappa shape index (κ1) is 16.9. The van der Waals surface area contributed by atoms with Gasteiger partial charge in [-0.05, 0) is 60.3 Å². The van der Waals surface area contributed by atoms with Crippen molar-refractivity contribution in [2.45, 2.75) is 6.92 Å². The SMILES string of the molecule is Cc1ccc(F)cc1NC(=O)c1ccc(NC(=O)c2cccs2)cc1. The van der Waals surface area contributed by atoms with Gasteiger partial charge < -0.3 is 10.6 Å². The second-order valence-corrected chi connectivity index (χ2v) is 6.37. The van der Waals surface area contributed by atoms with Crippen LogP contribution < -0.4 is 10.6 Å². The van der Waals surface area contributed by atoms with Gasteiger partial charge in [0, 0.05) is 16.9 Å². The lowest BCUT2D eigenvalue weighted by Gasteiger charge is -2.09. The zero-order valence-corrected chi connectivity index (χ0v) is 14.2. The molecule has 0 saturated heterocycles. The largest absolute Gasteiger partial charge is 0.322 e. The Balaban J connectivity index is 1.68. The Morgan fingerprint density at radius 1 is 0.960 bits per heavy atom. The quantitative estimate of drug-likeness (QED) is 0.713. The summed E-state index contributed by atoms with van der Waals surface area (Å²) in [5.74, 6) is -0.944. The second-order valence-electron chi connectivity index (χ2n) is 5.42. The molecule has 0 aliphatic carbocycles. The van der Waals surface area contributed by atoms with E-state index < -0.39 is 5.82 Å². The lowest BCUT2D eigenvalue weighted by atomic mass is 10.1. The van der Waals surface area contributed by atoms with Gasteiger partial charge in [-0.2, -0.15) is 0 Å². The molecule has 0 aliphatic rings. The van der Waals surface area contributed by atoms with Gasteiger partial charge >= 0.3 is 0 Å². The van der Waals surface area contributed by atoms with E-state index in [4.69, 9.17) is 0 Å². The van der Waals surface area contributed by atoms with Crippen molar-refractivity contribution in [1.82, 2.24) is 0 Å². The molecule has 2 aromatic carbocycles. The highest BCUT2D eigenvalue weighted by atomic mass is 32.1. The van der Waals surface area contributed by atoms with Crippen molar-refractivity contribution in [3.63, 3.8) is 0 Å². The predicted molar refractivity (Wildman–Crippen MR) is 97.8 cm³/mol. The number of halogens is 1. The van der Waals surface area contributed by atoms with Crippen LogP contribution in [0.3, 0.4) is 0 Å². The molecule has 0 saturated carbocycles. The number of amides is 2. The van der Waals surface area contributed by atoms with Crippen molar-refractivity contribution in [3.05, 3.63) is 81.8 Å². The smallest absolute Gasteiger partial charge is 0.265 e. The Bertz CT molecular complexity index is 906. The van der Waals surface area contributed by atoms with E-state index in [2.05, 4.69) is 10.6 Å². The van der Waals surface area contributed by atoms with Gasteiger partial charge in [0.2, 0.25) is 0 Å². The van der Waals surface area contributed by atoms with Crippen LogP contribution in [0.15, 0.2) is 60.0 Å². The van der Waals surface area contributed by atoms with Crippen molar-refractivity contribution >= 4 is 34.5 Å². The molecular formula is C19H15FN2O2S. The summed E-state index contributed by atoms with van der Waals surface area (Å²) in [6.07, 6.45) is 0. The predicted octanol–water partition coefficient (Wildman–Crippen LogP) is 4.70. The maximum atomic E-state index is 13.3. The third-order valence-corrected chi connectivity index (χ3v) is 4.47. The highest BCUT2D eigenvalue weighted by Gasteiger charge is 2.10. The Morgan fingerprint density at radius 2 is 1.72 bits per heavy atom. The molecule has 1 aromatic heterocycles. The molecule has 0 spiro atoms. The zero-order chi connectivity index (χ0) is 17.8. The summed E-state index contributed by atoms with van der Waals surface area (Å²) in [6, 6.07) is 14.3. The zero-order valence-electron chi connectivity index (χ0n) is 13.4. The normalized spacial score (nSPS) is 10.3. The van der Waals surface area contributed by atoms with Crippen LogP contribution >= 0.6 is 11.3 Å². The first-order valence-corrected chi connectivity index (χ1v) is 8.43. The minimum absolute atomic E-state index is 0.192. The number of anilines is 2. The fourth-order valence-corrected chi connectivity index (χ4v) is 2.85. The van der Waals surface area contributed by atoms with Gasteiger partial charge in [-0.25, -0.2) is 4.39 Å². The molecule has 3 rings (SSSR count). The lowest BCUT2D eigenvalue weighted by Crippen LogP contribution is -2.14. The summed E-state index contributed by atoms with van der Waals surface area (Å²) in [4.78, 5) is 24.9. The third kappa shape index (κ3) is 4.10. The van der Waals surface area contributed by atoms with E-state index in [1.54, 1.807) is 49.4 Å². The first-order valence-electron chi connectivity index (χ1n) is 7.55. The number of hydrogen-bond acceptors (Lipinski definition) is 3. The molecule has 0 unspecified atom stereocenters. The molecule has 0 atom stereocenters. The molecule has 126 valence electrons. The molecule has 3 aromatic rings. The maximum absolute atomic E-state index is 13.3. The van der Waals surface area contributed by atoms with Gasteiger partial charge in [0.25, 0.3) is 11.8 Å². The molecule has 2 N–H and O–H groups in total. The van der Waals surface area contributed by atoms with E-state index in [0.29, 0.717) is 21.8 Å². The highest BCUT2D eigenvalue weighted by molar-refractivity contribution is 7.12. The van der Waals surface area contributed by atoms with Crippen molar-refractivity contribution < 1.29 is 14.0 Å². The summed E-state index contributed by atoms with van der Waals surface area (Å²) in [7, 11) is 0. The fraction of sp³-hybridized carbons (Fsp3) is 0.0526. The molecule has 6 heteroatoms. The average Bonchev–Trinajstić information content (AvgIpc) is 3.13. The van der Waals surface area contributed by atoms with Crippen LogP contribution in [0.2, 0.25) is 0 Å². The topological polar surface area (TPSA) is 58.2 Å². The third-order valence-electron chi connectivity index (χ3n) is 3.60. The van der Waals surface area contributed by atoms with E-state index in [9.17, 15) is 14.0 Å². The van der Waals surface area contributed by atoms with Gasteiger partial charge in [-0.3, -0.25) is 9.59 Å². The molecule has 0 fully saturated rings. The lowest BCUT2D eigenvalue weighted by molar-refractivity contribution is 0.102. The minimum Gasteiger partial charge on any atom is -0.322 e. The highest BCUT2D eigenvalue weighted by Crippen LogP contribution is 2.18. The van der Waals surface area contributed by atoms with Gasteiger partial charge in [0.15, 0.2) is 0 Å². The summed E-state index contributed by atoms with van der Waals surface area (Å²) >= 11 is 1.36. The summed E-state index contributed by atoms with van der Waals surface area (Å²) in [6.45, 7) is 1.79. The van der Waals surface area contributed by atoms with Crippen LogP contribution in [0, 0.1) is 12.7 Å². The molecule has 4 nitrogen and oxygen atoms in total. The van der Waals surface area contributed by atoms with Crippen molar-refractivity contribution in [2.24, 2.45) is 0 Å². The molecule has 0 aliphatic heterocycles. The standard InChI is InChI=1S/C19H15FN2O2S/c1-12-4-7-14(20)11-16(12)22-18(23)13-5-8-15(9-6-13)21-19(24)17-3-2-10-25-17/h2-11H,1H3,(H,21,24)(H,22,23). The number of thiophene rings is 1. The number of hydrogen-bond donors (Lipinski definition) is 2. The number of nitrogens with one attached hydrogen (secondary N) is 2. The fourth-order valence-electron chi connectivity index (χ4n) is 2.23. The van der Waals surface area contributed by atoms with E-state index in [1.165, 1.54) is 23.5 Å². The van der Waals surface area contributed by atoms with Gasteiger partial charge in [-0.1, -0.05) is 12.1 Å². The average molecular weight is 354 g/mol. The number of carbonyl (C=O) groups excluding carboxylic acids is 2. The van der Waals surface area contributed by atoms with Gasteiger partial charge in [0.05, 0.1) is 4.88 Å². The summed E-state index contributed by atoms with van der Waals surface area (Å²) < 4.78 is 13.3. The number of aryl methyl sites for hydroxylation is 1. The Morgan fingerprint density at radius 3 is 2.40 bits per heavy atom. The van der Waals surface area contributed by atoms with Crippen LogP contribution in [-0.2, 0) is 0 Å². The van der Waals surface area contributed by atoms with E-state index in [-0.39, 0.29) is 11.8 Å². The Hall–Kier alpha value is -2.99. The number of carbonyl (C=O) groups is 2. The van der Waals surface area contributed by atoms with Gasteiger partial charge in [0.1, 0.15) is 5.82 Å². The van der Waals surface area contributed by atoms with E-state index in [0.717, 1.165) is 5.56 Å². The Kier molecular flexibility index (Phi) is 4.90. The first-order chi connectivity index (χ1) is 12.0. The number of rotatable bonds is 4. The molecule has 0 bridgehead atoms. The van der Waals surface area contributed by atoms with Gasteiger partial charge in [-0.15, -0.1) is 11.3 Å². The second kappa shape index (κ2) is 7.27. The van der Waals surface area contributed by atoms with Crippen LogP contribution in [0.5, 0.6) is 0 Å². The molecular weight excluding hydrogens is 339 g/mol. The van der Waals surface area contributed by atoms with Crippen molar-refractivity contribution in [3.8, 4) is 0 Å². The van der Waals surface area contributed by atoms with Crippen LogP contribution in [-0.4, -0.2) is 11.8 Å². The van der Waals surface area contributed by atoms with Crippen LogP contribution in [0.25, 0.3) is 0 Å². The Labute approximate surface area is 148 Å². The summed E-state index contributed by atoms with van der Waals surface area (Å²) in [5.41, 5.74) is 2.21. The van der Waals surface area contributed by atoms with E-state index >= 15 is 0 Å². The molecule has 1 heterocycles. The van der Waals surface area contributed by atoms with Crippen molar-refractivity contribution in [1.29, 1.82) is 0 Å². The monoisotopic (exact) mass is 354 g/mol. The van der Waals surface area contributed by atoms with Crippen LogP contribution in [0.1, 0.15) is 25.6 Å². The van der Waals surface area contributed by atoms with E-state index in [1.807, 2.05) is 5.38 Å².